The molecule has 0 bridgehead atoms. The molecule has 0 unspecified atom stereocenters. The lowest BCUT2D eigenvalue weighted by atomic mass is 9.95. The Morgan fingerprint density at radius 1 is 1.07 bits per heavy atom. The van der Waals surface area contributed by atoms with E-state index in [9.17, 15) is 8.42 Å². The molecule has 0 amide bonds. The van der Waals surface area contributed by atoms with Crippen LogP contribution >= 0.6 is 11.7 Å². The highest BCUT2D eigenvalue weighted by Gasteiger charge is 2.24. The largest absolute Gasteiger partial charge is 0.308 e. The molecule has 0 saturated heterocycles. The van der Waals surface area contributed by atoms with Crippen LogP contribution in [0.2, 0.25) is 0 Å². The molecule has 5 rings (SSSR count). The number of pyridine rings is 1. The van der Waals surface area contributed by atoms with Crippen molar-refractivity contribution in [2.24, 2.45) is 0 Å². The van der Waals surface area contributed by atoms with Crippen molar-refractivity contribution in [1.82, 2.24) is 28.0 Å². The van der Waals surface area contributed by atoms with Crippen molar-refractivity contribution in [2.75, 3.05) is 0 Å². The molecule has 150 valence electrons. The Bertz CT molecular complexity index is 1270. The van der Waals surface area contributed by atoms with Crippen molar-refractivity contribution in [3.05, 3.63) is 42.4 Å². The van der Waals surface area contributed by atoms with Gasteiger partial charge in [0.1, 0.15) is 27.3 Å². The lowest BCUT2D eigenvalue weighted by Gasteiger charge is -2.25. The Kier molecular flexibility index (Phi) is 4.76. The van der Waals surface area contributed by atoms with E-state index in [2.05, 4.69) is 28.0 Å². The number of benzene rings is 1. The minimum Gasteiger partial charge on any atom is -0.308 e. The van der Waals surface area contributed by atoms with Crippen LogP contribution in [0.25, 0.3) is 22.2 Å². The van der Waals surface area contributed by atoms with Gasteiger partial charge < -0.3 is 4.57 Å². The van der Waals surface area contributed by atoms with Gasteiger partial charge in [0.2, 0.25) is 10.0 Å². The lowest BCUT2D eigenvalue weighted by Crippen LogP contribution is -2.26. The van der Waals surface area contributed by atoms with Crippen LogP contribution in [0.15, 0.2) is 41.4 Å². The number of sulfonamides is 1. The van der Waals surface area contributed by atoms with Crippen molar-refractivity contribution in [3.8, 4) is 0 Å². The highest BCUT2D eigenvalue weighted by atomic mass is 32.2. The van der Waals surface area contributed by atoms with E-state index in [1.54, 1.807) is 24.4 Å². The summed E-state index contributed by atoms with van der Waals surface area (Å²) in [6.07, 6.45) is 7.46. The van der Waals surface area contributed by atoms with E-state index in [4.69, 9.17) is 0 Å². The van der Waals surface area contributed by atoms with Crippen LogP contribution in [0.3, 0.4) is 0 Å². The molecular formula is C19H20N6O2S2. The van der Waals surface area contributed by atoms with Gasteiger partial charge in [0.05, 0.1) is 18.3 Å². The topological polar surface area (TPSA) is 103 Å². The molecule has 4 aromatic rings. The molecule has 1 N–H and O–H groups in total. The fraction of sp³-hybridized carbons (Fsp3) is 0.368. The zero-order valence-corrected chi connectivity index (χ0v) is 17.3. The first-order valence-electron chi connectivity index (χ1n) is 9.66. The quantitative estimate of drug-likeness (QED) is 0.522. The first kappa shape index (κ1) is 18.6. The maximum Gasteiger partial charge on any atom is 0.243 e. The van der Waals surface area contributed by atoms with Crippen LogP contribution in [0, 0.1) is 0 Å². The maximum absolute atomic E-state index is 13.0. The Hall–Kier alpha value is -2.43. The van der Waals surface area contributed by atoms with Gasteiger partial charge in [-0.15, -0.1) is 0 Å². The summed E-state index contributed by atoms with van der Waals surface area (Å²) in [6, 6.07) is 9.06. The number of rotatable bonds is 5. The van der Waals surface area contributed by atoms with Crippen molar-refractivity contribution in [2.45, 2.75) is 49.6 Å². The minimum atomic E-state index is -3.76. The summed E-state index contributed by atoms with van der Waals surface area (Å²) in [5, 5.41) is 0. The number of aromatic nitrogens is 5. The minimum absolute atomic E-state index is 0.100. The molecule has 1 aliphatic carbocycles. The Labute approximate surface area is 172 Å². The SMILES string of the molecule is O=S(=O)(NCc1nc2cccnc2n1C1CCCCC1)c1cccc2nsnc12. The van der Waals surface area contributed by atoms with Crippen LogP contribution < -0.4 is 4.72 Å². The number of imidazole rings is 1. The summed E-state index contributed by atoms with van der Waals surface area (Å²) in [5.41, 5.74) is 2.58. The first-order chi connectivity index (χ1) is 14.1. The van der Waals surface area contributed by atoms with Crippen molar-refractivity contribution >= 4 is 43.9 Å². The zero-order valence-electron chi connectivity index (χ0n) is 15.7. The molecular weight excluding hydrogens is 408 g/mol. The molecule has 0 spiro atoms. The third kappa shape index (κ3) is 3.41. The third-order valence-electron chi connectivity index (χ3n) is 5.42. The molecule has 1 fully saturated rings. The summed E-state index contributed by atoms with van der Waals surface area (Å²) >= 11 is 1.00. The number of hydrogen-bond acceptors (Lipinski definition) is 7. The lowest BCUT2D eigenvalue weighted by molar-refractivity contribution is 0.350. The van der Waals surface area contributed by atoms with Gasteiger partial charge in [0, 0.05) is 12.2 Å². The third-order valence-corrected chi connectivity index (χ3v) is 7.40. The van der Waals surface area contributed by atoms with E-state index in [0.717, 1.165) is 35.7 Å². The second kappa shape index (κ2) is 7.43. The van der Waals surface area contributed by atoms with Gasteiger partial charge in [-0.1, -0.05) is 25.3 Å². The maximum atomic E-state index is 13.0. The van der Waals surface area contributed by atoms with Gasteiger partial charge in [0.25, 0.3) is 0 Å². The van der Waals surface area contributed by atoms with E-state index < -0.39 is 10.0 Å². The summed E-state index contributed by atoms with van der Waals surface area (Å²) < 4.78 is 39.1. The fourth-order valence-corrected chi connectivity index (χ4v) is 5.80. The van der Waals surface area contributed by atoms with Crippen LogP contribution in [0.4, 0.5) is 0 Å². The van der Waals surface area contributed by atoms with Crippen molar-refractivity contribution < 1.29 is 8.42 Å². The zero-order chi connectivity index (χ0) is 19.8. The van der Waals surface area contributed by atoms with E-state index in [-0.39, 0.29) is 11.4 Å². The Morgan fingerprint density at radius 2 is 1.90 bits per heavy atom. The summed E-state index contributed by atoms with van der Waals surface area (Å²) in [4.78, 5) is 9.35. The molecule has 1 saturated carbocycles. The van der Waals surface area contributed by atoms with E-state index in [1.165, 1.54) is 19.3 Å². The molecule has 0 aliphatic heterocycles. The monoisotopic (exact) mass is 428 g/mol. The summed E-state index contributed by atoms with van der Waals surface area (Å²) in [6.45, 7) is 0.100. The standard InChI is InChI=1S/C19H20N6O2S2/c26-29(27,16-10-4-8-14-18(16)24-28-23-14)21-12-17-22-15-9-5-11-20-19(15)25(17)13-6-2-1-3-7-13/h4-5,8-11,13,21H,1-3,6-7,12H2. The summed E-state index contributed by atoms with van der Waals surface area (Å²) in [7, 11) is -3.76. The number of fused-ring (bicyclic) bond motifs is 2. The van der Waals surface area contributed by atoms with Gasteiger partial charge in [-0.3, -0.25) is 0 Å². The normalized spacial score (nSPS) is 16.0. The number of nitrogens with one attached hydrogen (secondary N) is 1. The molecule has 3 aromatic heterocycles. The second-order valence-corrected chi connectivity index (χ2v) is 9.51. The summed E-state index contributed by atoms with van der Waals surface area (Å²) in [5.74, 6) is 0.692. The van der Waals surface area contributed by atoms with Crippen LogP contribution in [-0.2, 0) is 16.6 Å². The van der Waals surface area contributed by atoms with Crippen molar-refractivity contribution in [3.63, 3.8) is 0 Å². The average Bonchev–Trinajstić information content (AvgIpc) is 3.37. The molecule has 1 aliphatic rings. The molecule has 0 radical (unpaired) electrons. The fourth-order valence-electron chi connectivity index (χ4n) is 4.06. The number of nitrogens with zero attached hydrogens (tertiary/aromatic N) is 5. The van der Waals surface area contributed by atoms with Crippen LogP contribution in [0.5, 0.6) is 0 Å². The van der Waals surface area contributed by atoms with Gasteiger partial charge >= 0.3 is 0 Å². The molecule has 29 heavy (non-hydrogen) atoms. The van der Waals surface area contributed by atoms with Crippen molar-refractivity contribution in [1.29, 1.82) is 0 Å². The van der Waals surface area contributed by atoms with Gasteiger partial charge in [-0.2, -0.15) is 8.75 Å². The molecule has 10 heteroatoms. The number of hydrogen-bond donors (Lipinski definition) is 1. The molecule has 8 nitrogen and oxygen atoms in total. The van der Waals surface area contributed by atoms with E-state index >= 15 is 0 Å². The Morgan fingerprint density at radius 3 is 2.76 bits per heavy atom. The molecule has 1 aromatic carbocycles. The smallest absolute Gasteiger partial charge is 0.243 e. The predicted molar refractivity (Wildman–Crippen MR) is 111 cm³/mol. The highest BCUT2D eigenvalue weighted by molar-refractivity contribution is 7.89. The Balaban J connectivity index is 1.49. The first-order valence-corrected chi connectivity index (χ1v) is 11.9. The van der Waals surface area contributed by atoms with Crippen LogP contribution in [-0.4, -0.2) is 31.7 Å². The van der Waals surface area contributed by atoms with Gasteiger partial charge in [-0.05, 0) is 37.1 Å². The van der Waals surface area contributed by atoms with Crippen LogP contribution in [0.1, 0.15) is 44.0 Å². The second-order valence-electron chi connectivity index (χ2n) is 7.25. The van der Waals surface area contributed by atoms with Gasteiger partial charge in [0.15, 0.2) is 5.65 Å². The average molecular weight is 429 g/mol. The molecule has 0 atom stereocenters. The highest BCUT2D eigenvalue weighted by Crippen LogP contribution is 2.32. The predicted octanol–water partition coefficient (Wildman–Crippen LogP) is 3.42. The van der Waals surface area contributed by atoms with E-state index in [1.807, 2.05) is 12.1 Å². The van der Waals surface area contributed by atoms with Gasteiger partial charge in [-0.25, -0.2) is 23.1 Å². The van der Waals surface area contributed by atoms with E-state index in [0.29, 0.717) is 22.9 Å². The molecule has 3 heterocycles.